The molecule has 1 aromatic rings. The number of unbranched alkanes of at least 4 members (excludes halogenated alkanes) is 1. The maximum Gasteiger partial charge on any atom is 0.335 e. The molecule has 24 heavy (non-hydrogen) atoms. The summed E-state index contributed by atoms with van der Waals surface area (Å²) in [5.74, 6) is -0.814. The second-order valence-corrected chi connectivity index (χ2v) is 6.61. The Bertz CT molecular complexity index is 548. The number of carboxylic acid groups (broad SMARTS) is 1. The molecule has 132 valence electrons. The third-order valence-electron chi connectivity index (χ3n) is 4.79. The van der Waals surface area contributed by atoms with Crippen LogP contribution in [0.3, 0.4) is 0 Å². The number of nitrogens with one attached hydrogen (secondary N) is 2. The van der Waals surface area contributed by atoms with E-state index >= 15 is 0 Å². The van der Waals surface area contributed by atoms with Crippen molar-refractivity contribution in [2.75, 3.05) is 6.54 Å². The topological polar surface area (TPSA) is 78.4 Å². The van der Waals surface area contributed by atoms with Crippen LogP contribution in [-0.4, -0.2) is 29.1 Å². The fourth-order valence-electron chi connectivity index (χ4n) is 3.22. The molecule has 0 spiro atoms. The normalized spacial score (nSPS) is 16.5. The number of carbonyl (C=O) groups excluding carboxylic acids is 1. The Labute approximate surface area is 143 Å². The molecule has 1 aromatic carbocycles. The number of hydrogen-bond acceptors (Lipinski definition) is 3. The summed E-state index contributed by atoms with van der Waals surface area (Å²) >= 11 is 0. The van der Waals surface area contributed by atoms with Crippen molar-refractivity contribution in [2.24, 2.45) is 0 Å². The van der Waals surface area contributed by atoms with Crippen LogP contribution in [0.4, 0.5) is 0 Å². The largest absolute Gasteiger partial charge is 0.478 e. The van der Waals surface area contributed by atoms with Crippen LogP contribution in [0.1, 0.15) is 67.8 Å². The molecule has 1 saturated carbocycles. The van der Waals surface area contributed by atoms with Gasteiger partial charge < -0.3 is 10.4 Å². The lowest BCUT2D eigenvalue weighted by Gasteiger charge is -2.37. The van der Waals surface area contributed by atoms with Gasteiger partial charge in [-0.05, 0) is 37.0 Å². The molecule has 1 aliphatic carbocycles. The van der Waals surface area contributed by atoms with E-state index in [1.54, 1.807) is 12.1 Å². The van der Waals surface area contributed by atoms with Crippen LogP contribution < -0.4 is 10.6 Å². The van der Waals surface area contributed by atoms with E-state index in [2.05, 4.69) is 17.6 Å². The molecule has 3 N–H and O–H groups in total. The van der Waals surface area contributed by atoms with Gasteiger partial charge >= 0.3 is 5.97 Å². The third-order valence-corrected chi connectivity index (χ3v) is 4.79. The van der Waals surface area contributed by atoms with E-state index in [0.717, 1.165) is 50.6 Å². The van der Waals surface area contributed by atoms with E-state index in [1.165, 1.54) is 6.42 Å². The van der Waals surface area contributed by atoms with E-state index in [1.807, 2.05) is 12.1 Å². The molecule has 0 heterocycles. The molecular formula is C19H28N2O3. The van der Waals surface area contributed by atoms with Crippen LogP contribution in [0.25, 0.3) is 0 Å². The molecule has 1 fully saturated rings. The van der Waals surface area contributed by atoms with Crippen molar-refractivity contribution in [1.29, 1.82) is 0 Å². The van der Waals surface area contributed by atoms with E-state index in [-0.39, 0.29) is 11.5 Å². The zero-order valence-electron chi connectivity index (χ0n) is 14.4. The highest BCUT2D eigenvalue weighted by molar-refractivity contribution is 5.87. The Balaban J connectivity index is 2.00. The zero-order chi connectivity index (χ0) is 17.4. The predicted octanol–water partition coefficient (Wildman–Crippen LogP) is 3.09. The number of amides is 1. The van der Waals surface area contributed by atoms with Gasteiger partial charge in [0.15, 0.2) is 0 Å². The second kappa shape index (κ2) is 8.83. The summed E-state index contributed by atoms with van der Waals surface area (Å²) in [5, 5.41) is 15.5. The van der Waals surface area contributed by atoms with Crippen LogP contribution in [-0.2, 0) is 11.3 Å². The minimum absolute atomic E-state index is 0.109. The average Bonchev–Trinajstić information content (AvgIpc) is 2.61. The summed E-state index contributed by atoms with van der Waals surface area (Å²) < 4.78 is 0. The number of hydrogen-bond donors (Lipinski definition) is 3. The van der Waals surface area contributed by atoms with E-state index in [4.69, 9.17) is 5.11 Å². The molecule has 5 heteroatoms. The summed E-state index contributed by atoms with van der Waals surface area (Å²) in [4.78, 5) is 23.6. The molecule has 0 radical (unpaired) electrons. The van der Waals surface area contributed by atoms with Gasteiger partial charge in [0.1, 0.15) is 0 Å². The molecule has 0 saturated heterocycles. The zero-order valence-corrected chi connectivity index (χ0v) is 14.4. The van der Waals surface area contributed by atoms with Gasteiger partial charge in [-0.1, -0.05) is 44.7 Å². The fourth-order valence-corrected chi connectivity index (χ4v) is 3.22. The monoisotopic (exact) mass is 332 g/mol. The molecule has 2 rings (SSSR count). The standard InChI is InChI=1S/C19H28N2O3/c1-2-3-13-20-18(24)19(11-5-4-6-12-19)21-14-15-7-9-16(10-8-15)17(22)23/h7-10,21H,2-6,11-14H2,1H3,(H,20,24)(H,22,23). The highest BCUT2D eigenvalue weighted by Crippen LogP contribution is 2.29. The van der Waals surface area contributed by atoms with E-state index in [9.17, 15) is 9.59 Å². The highest BCUT2D eigenvalue weighted by Gasteiger charge is 2.38. The van der Waals surface area contributed by atoms with Crippen LogP contribution in [0.15, 0.2) is 24.3 Å². The van der Waals surface area contributed by atoms with Gasteiger partial charge in [-0.15, -0.1) is 0 Å². The van der Waals surface area contributed by atoms with Gasteiger partial charge in [0.05, 0.1) is 11.1 Å². The van der Waals surface area contributed by atoms with Gasteiger partial charge in [-0.3, -0.25) is 10.1 Å². The Morgan fingerprint density at radius 1 is 1.12 bits per heavy atom. The lowest BCUT2D eigenvalue weighted by atomic mass is 9.80. The molecule has 5 nitrogen and oxygen atoms in total. The van der Waals surface area contributed by atoms with Crippen molar-refractivity contribution in [2.45, 2.75) is 64.0 Å². The second-order valence-electron chi connectivity index (χ2n) is 6.61. The first-order chi connectivity index (χ1) is 11.6. The Morgan fingerprint density at radius 2 is 1.79 bits per heavy atom. The number of carboxylic acids is 1. The molecule has 0 bridgehead atoms. The molecule has 0 unspecified atom stereocenters. The molecule has 1 aliphatic rings. The van der Waals surface area contributed by atoms with Crippen molar-refractivity contribution < 1.29 is 14.7 Å². The van der Waals surface area contributed by atoms with Gasteiger partial charge in [-0.2, -0.15) is 0 Å². The van der Waals surface area contributed by atoms with Crippen molar-refractivity contribution in [3.8, 4) is 0 Å². The van der Waals surface area contributed by atoms with Gasteiger partial charge in [0, 0.05) is 13.1 Å². The quantitative estimate of drug-likeness (QED) is 0.639. The van der Waals surface area contributed by atoms with Gasteiger partial charge in [-0.25, -0.2) is 4.79 Å². The van der Waals surface area contributed by atoms with Crippen molar-refractivity contribution >= 4 is 11.9 Å². The SMILES string of the molecule is CCCCNC(=O)C1(NCc2ccc(C(=O)O)cc2)CCCCC1. The summed E-state index contributed by atoms with van der Waals surface area (Å²) in [7, 11) is 0. The first-order valence-corrected chi connectivity index (χ1v) is 8.93. The minimum Gasteiger partial charge on any atom is -0.478 e. The summed E-state index contributed by atoms with van der Waals surface area (Å²) in [6.07, 6.45) is 7.09. The van der Waals surface area contributed by atoms with Crippen molar-refractivity contribution in [1.82, 2.24) is 10.6 Å². The minimum atomic E-state index is -0.923. The van der Waals surface area contributed by atoms with Gasteiger partial charge in [0.2, 0.25) is 5.91 Å². The molecule has 0 aliphatic heterocycles. The summed E-state index contributed by atoms with van der Waals surface area (Å²) in [6.45, 7) is 3.41. The van der Waals surface area contributed by atoms with Crippen molar-refractivity contribution in [3.63, 3.8) is 0 Å². The first kappa shape index (κ1) is 18.5. The average molecular weight is 332 g/mol. The highest BCUT2D eigenvalue weighted by atomic mass is 16.4. The van der Waals surface area contributed by atoms with Crippen LogP contribution in [0.2, 0.25) is 0 Å². The van der Waals surface area contributed by atoms with Crippen LogP contribution >= 0.6 is 0 Å². The van der Waals surface area contributed by atoms with E-state index in [0.29, 0.717) is 6.54 Å². The maximum absolute atomic E-state index is 12.7. The lowest BCUT2D eigenvalue weighted by molar-refractivity contribution is -0.129. The third kappa shape index (κ3) is 4.81. The molecule has 1 amide bonds. The summed E-state index contributed by atoms with van der Waals surface area (Å²) in [5.41, 5.74) is 0.784. The van der Waals surface area contributed by atoms with Crippen LogP contribution in [0, 0.1) is 0 Å². The number of aromatic carboxylic acids is 1. The number of carbonyl (C=O) groups is 2. The smallest absolute Gasteiger partial charge is 0.335 e. The first-order valence-electron chi connectivity index (χ1n) is 8.93. The van der Waals surface area contributed by atoms with E-state index < -0.39 is 11.5 Å². The number of rotatable bonds is 8. The maximum atomic E-state index is 12.7. The number of benzene rings is 1. The molecule has 0 atom stereocenters. The molecule has 0 aromatic heterocycles. The Morgan fingerprint density at radius 3 is 2.38 bits per heavy atom. The fraction of sp³-hybridized carbons (Fsp3) is 0.579. The molecular weight excluding hydrogens is 304 g/mol. The van der Waals surface area contributed by atoms with Crippen LogP contribution in [0.5, 0.6) is 0 Å². The Hall–Kier alpha value is -1.88. The summed E-state index contributed by atoms with van der Waals surface area (Å²) in [6, 6.07) is 6.83. The lowest BCUT2D eigenvalue weighted by Crippen LogP contribution is -2.57. The van der Waals surface area contributed by atoms with Gasteiger partial charge in [0.25, 0.3) is 0 Å². The Kier molecular flexibility index (Phi) is 6.79. The predicted molar refractivity (Wildman–Crippen MR) is 94.0 cm³/mol. The van der Waals surface area contributed by atoms with Crippen molar-refractivity contribution in [3.05, 3.63) is 35.4 Å².